The van der Waals surface area contributed by atoms with E-state index in [0.717, 1.165) is 5.70 Å². The van der Waals surface area contributed by atoms with Gasteiger partial charge >= 0.3 is 11.9 Å². The molecule has 0 aromatic carbocycles. The highest BCUT2D eigenvalue weighted by atomic mass is 16.5. The Morgan fingerprint density at radius 3 is 2.68 bits per heavy atom. The monoisotopic (exact) mass is 428 g/mol. The average molecular weight is 429 g/mol. The van der Waals surface area contributed by atoms with Gasteiger partial charge in [-0.05, 0) is 32.4 Å². The number of carbonyl (C=O) groups is 2. The van der Waals surface area contributed by atoms with Crippen LogP contribution in [0.3, 0.4) is 0 Å². The van der Waals surface area contributed by atoms with E-state index in [0.29, 0.717) is 42.5 Å². The van der Waals surface area contributed by atoms with E-state index in [-0.39, 0.29) is 18.7 Å². The first-order valence-corrected chi connectivity index (χ1v) is 10.3. The minimum atomic E-state index is -0.683. The minimum absolute atomic E-state index is 0.00933. The fourth-order valence-electron chi connectivity index (χ4n) is 3.49. The zero-order valence-electron chi connectivity index (χ0n) is 18.5. The van der Waals surface area contributed by atoms with Gasteiger partial charge in [0.05, 0.1) is 50.3 Å². The van der Waals surface area contributed by atoms with Crippen molar-refractivity contribution in [1.82, 2.24) is 4.98 Å². The fourth-order valence-corrected chi connectivity index (χ4v) is 3.49. The summed E-state index contributed by atoms with van der Waals surface area (Å²) in [6.07, 6.45) is 2.26. The van der Waals surface area contributed by atoms with E-state index in [1.54, 1.807) is 25.3 Å². The Morgan fingerprint density at radius 1 is 1.39 bits per heavy atom. The summed E-state index contributed by atoms with van der Waals surface area (Å²) < 4.78 is 9.82. The largest absolute Gasteiger partial charge is 0.469 e. The van der Waals surface area contributed by atoms with Gasteiger partial charge in [-0.2, -0.15) is 5.26 Å². The minimum Gasteiger partial charge on any atom is -0.469 e. The molecule has 0 saturated heterocycles. The number of hydrogen-bond acceptors (Lipinski definition) is 8. The number of carbonyl (C=O) groups excluding carboxylic acids is 2. The van der Waals surface area contributed by atoms with Crippen LogP contribution in [0.2, 0.25) is 0 Å². The number of nitriles is 1. The molecule has 2 rings (SSSR count). The number of pyridine rings is 1. The van der Waals surface area contributed by atoms with Gasteiger partial charge < -0.3 is 19.7 Å². The number of esters is 2. The fraction of sp³-hybridized carbons (Fsp3) is 0.500. The number of ether oxygens (including phenoxy) is 2. The number of hydrogen-bond donors (Lipinski definition) is 2. The number of aromatic nitrogens is 1. The van der Waals surface area contributed by atoms with E-state index in [4.69, 9.17) is 20.1 Å². The van der Waals surface area contributed by atoms with E-state index in [1.165, 1.54) is 7.11 Å². The highest BCUT2D eigenvalue weighted by Crippen LogP contribution is 2.25. The molecule has 1 atom stereocenters. The molecule has 1 aromatic heterocycles. The molecule has 1 unspecified atom stereocenters. The van der Waals surface area contributed by atoms with Crippen LogP contribution >= 0.6 is 0 Å². The van der Waals surface area contributed by atoms with Crippen LogP contribution < -0.4 is 10.2 Å². The third kappa shape index (κ3) is 6.12. The molecule has 9 nitrogen and oxygen atoms in total. The molecule has 1 aliphatic rings. The van der Waals surface area contributed by atoms with Crippen LogP contribution in [-0.2, 0) is 19.1 Å². The van der Waals surface area contributed by atoms with E-state index in [9.17, 15) is 9.59 Å². The van der Waals surface area contributed by atoms with Gasteiger partial charge in [0.1, 0.15) is 11.5 Å². The Labute approximate surface area is 182 Å². The van der Waals surface area contributed by atoms with Gasteiger partial charge in [-0.1, -0.05) is 6.07 Å². The summed E-state index contributed by atoms with van der Waals surface area (Å²) in [5.41, 5.74) is 2.11. The zero-order chi connectivity index (χ0) is 23.0. The van der Waals surface area contributed by atoms with Crippen LogP contribution in [0, 0.1) is 16.7 Å². The maximum absolute atomic E-state index is 12.2. The number of rotatable bonds is 9. The van der Waals surface area contributed by atoms with Crippen molar-refractivity contribution in [2.75, 3.05) is 31.7 Å². The molecule has 1 aromatic rings. The van der Waals surface area contributed by atoms with E-state index < -0.39 is 17.9 Å². The SMILES string of the molecule is CCOC(=O)C(=N)C1=C([NH2+]C(C)C)CCN(c2ccc(C(CC#N)C(=O)OC)cn2)C1. The van der Waals surface area contributed by atoms with Gasteiger partial charge in [0.15, 0.2) is 5.71 Å². The van der Waals surface area contributed by atoms with Crippen LogP contribution in [-0.4, -0.2) is 55.5 Å². The lowest BCUT2D eigenvalue weighted by Gasteiger charge is -2.30. The van der Waals surface area contributed by atoms with E-state index in [1.807, 2.05) is 11.0 Å². The summed E-state index contributed by atoms with van der Waals surface area (Å²) in [5, 5.41) is 19.4. The lowest BCUT2D eigenvalue weighted by Crippen LogP contribution is -2.87. The molecular formula is C22H30N5O4+. The molecule has 0 aliphatic carbocycles. The Bertz CT molecular complexity index is 886. The van der Waals surface area contributed by atoms with Gasteiger partial charge in [-0.15, -0.1) is 0 Å². The Hall–Kier alpha value is -3.25. The predicted molar refractivity (Wildman–Crippen MR) is 115 cm³/mol. The van der Waals surface area contributed by atoms with Crippen molar-refractivity contribution in [2.24, 2.45) is 0 Å². The third-order valence-corrected chi connectivity index (χ3v) is 4.98. The van der Waals surface area contributed by atoms with Gasteiger partial charge in [-0.3, -0.25) is 10.2 Å². The number of nitrogens with two attached hydrogens (primary N) is 1. The number of nitrogens with zero attached hydrogens (tertiary/aromatic N) is 3. The maximum atomic E-state index is 12.2. The molecule has 1 aliphatic heterocycles. The summed E-state index contributed by atoms with van der Waals surface area (Å²) in [7, 11) is 1.29. The molecule has 0 spiro atoms. The van der Waals surface area contributed by atoms with E-state index >= 15 is 0 Å². The van der Waals surface area contributed by atoms with Crippen LogP contribution in [0.25, 0.3) is 0 Å². The van der Waals surface area contributed by atoms with Crippen LogP contribution in [0.15, 0.2) is 29.6 Å². The lowest BCUT2D eigenvalue weighted by atomic mass is 9.97. The third-order valence-electron chi connectivity index (χ3n) is 4.98. The number of nitrogens with one attached hydrogen (secondary N) is 1. The van der Waals surface area contributed by atoms with Crippen molar-refractivity contribution in [3.05, 3.63) is 35.2 Å². The second-order valence-electron chi connectivity index (χ2n) is 7.57. The smallest absolute Gasteiger partial charge is 0.356 e. The van der Waals surface area contributed by atoms with Crippen molar-refractivity contribution < 1.29 is 24.4 Å². The molecule has 2 heterocycles. The lowest BCUT2D eigenvalue weighted by molar-refractivity contribution is -0.639. The van der Waals surface area contributed by atoms with Crippen LogP contribution in [0.5, 0.6) is 0 Å². The molecule has 0 fully saturated rings. The first-order chi connectivity index (χ1) is 14.8. The molecule has 0 bridgehead atoms. The average Bonchev–Trinajstić information content (AvgIpc) is 2.76. The molecule has 0 amide bonds. The molecule has 0 saturated carbocycles. The summed E-state index contributed by atoms with van der Waals surface area (Å²) >= 11 is 0. The summed E-state index contributed by atoms with van der Waals surface area (Å²) in [4.78, 5) is 30.6. The highest BCUT2D eigenvalue weighted by molar-refractivity contribution is 6.42. The highest BCUT2D eigenvalue weighted by Gasteiger charge is 2.30. The standard InChI is InChI=1S/C22H29N5O4/c1-5-31-22(29)20(24)17-13-27(11-9-18(17)26-14(2)3)19-7-6-15(12-25-19)16(8-10-23)21(28)30-4/h6-7,12,14,16,24,26H,5,8-9,11,13H2,1-4H3/p+1. The van der Waals surface area contributed by atoms with Crippen LogP contribution in [0.1, 0.15) is 45.1 Å². The summed E-state index contributed by atoms with van der Waals surface area (Å²) in [5.74, 6) is -1.12. The molecule has 31 heavy (non-hydrogen) atoms. The van der Waals surface area contributed by atoms with E-state index in [2.05, 4.69) is 24.1 Å². The Kier molecular flexibility index (Phi) is 8.70. The molecule has 0 radical (unpaired) electrons. The van der Waals surface area contributed by atoms with Gasteiger partial charge in [0, 0.05) is 19.2 Å². The molecule has 166 valence electrons. The second kappa shape index (κ2) is 11.2. The summed E-state index contributed by atoms with van der Waals surface area (Å²) in [6.45, 7) is 7.10. The van der Waals surface area contributed by atoms with Crippen molar-refractivity contribution in [3.8, 4) is 6.07 Å². The molecule has 9 heteroatoms. The molecular weight excluding hydrogens is 398 g/mol. The zero-order valence-corrected chi connectivity index (χ0v) is 18.5. The second-order valence-corrected chi connectivity index (χ2v) is 7.57. The quantitative estimate of drug-likeness (QED) is 0.447. The number of methoxy groups -OCH3 is 1. The number of quaternary nitrogens is 1. The maximum Gasteiger partial charge on any atom is 0.356 e. The summed E-state index contributed by atoms with van der Waals surface area (Å²) in [6, 6.07) is 5.84. The Balaban J connectivity index is 2.27. The molecule has 3 N–H and O–H groups in total. The van der Waals surface area contributed by atoms with Crippen molar-refractivity contribution >= 4 is 23.5 Å². The first kappa shape index (κ1) is 24.0. The topological polar surface area (TPSA) is 133 Å². The van der Waals surface area contributed by atoms with Crippen molar-refractivity contribution in [1.29, 1.82) is 10.7 Å². The van der Waals surface area contributed by atoms with Crippen LogP contribution in [0.4, 0.5) is 5.82 Å². The normalized spacial score (nSPS) is 14.8. The van der Waals surface area contributed by atoms with Gasteiger partial charge in [0.25, 0.3) is 0 Å². The predicted octanol–water partition coefficient (Wildman–Crippen LogP) is 1.27. The van der Waals surface area contributed by atoms with Gasteiger partial charge in [-0.25, -0.2) is 9.78 Å². The van der Waals surface area contributed by atoms with Crippen molar-refractivity contribution in [2.45, 2.75) is 45.6 Å². The first-order valence-electron chi connectivity index (χ1n) is 10.3. The van der Waals surface area contributed by atoms with Crippen molar-refractivity contribution in [3.63, 3.8) is 0 Å². The number of anilines is 1. The van der Waals surface area contributed by atoms with Gasteiger partial charge in [0.2, 0.25) is 0 Å². The Morgan fingerprint density at radius 2 is 2.13 bits per heavy atom.